The predicted octanol–water partition coefficient (Wildman–Crippen LogP) is 3.20. The number of thioether (sulfide) groups is 1. The van der Waals surface area contributed by atoms with E-state index < -0.39 is 11.7 Å². The molecule has 0 aliphatic carbocycles. The second-order valence-electron chi connectivity index (χ2n) is 3.75. The molecule has 0 saturated heterocycles. The minimum Gasteiger partial charge on any atom is -0.318 e. The number of nitrogens with one attached hydrogen (secondary N) is 1. The molecular formula is C11H6ClN3O2S3. The Labute approximate surface area is 131 Å². The van der Waals surface area contributed by atoms with Crippen molar-refractivity contribution in [1.82, 2.24) is 10.2 Å². The molecule has 20 heavy (non-hydrogen) atoms. The number of carbonyl (C=O) groups excluding carboxylic acids is 2. The van der Waals surface area contributed by atoms with Crippen LogP contribution in [0.4, 0.5) is 5.69 Å². The lowest BCUT2D eigenvalue weighted by Crippen LogP contribution is -2.12. The van der Waals surface area contributed by atoms with Crippen LogP contribution < -0.4 is 5.32 Å². The van der Waals surface area contributed by atoms with Crippen LogP contribution in [-0.4, -0.2) is 28.1 Å². The highest BCUT2D eigenvalue weighted by atomic mass is 35.5. The molecule has 2 heterocycles. The number of amides is 1. The van der Waals surface area contributed by atoms with Crippen molar-refractivity contribution in [2.45, 2.75) is 13.6 Å². The first-order valence-corrected chi connectivity index (χ1v) is 8.56. The van der Waals surface area contributed by atoms with Crippen LogP contribution in [0.25, 0.3) is 0 Å². The summed E-state index contributed by atoms with van der Waals surface area (Å²) in [5, 5.41) is 11.0. The van der Waals surface area contributed by atoms with Crippen LogP contribution in [0.15, 0.2) is 25.7 Å². The van der Waals surface area contributed by atoms with Crippen LogP contribution in [0.5, 0.6) is 0 Å². The average Bonchev–Trinajstić information content (AvgIpc) is 2.98. The summed E-state index contributed by atoms with van der Waals surface area (Å²) in [6, 6.07) is 3.20. The molecule has 1 aromatic carbocycles. The maximum absolute atomic E-state index is 11.6. The maximum Gasteiger partial charge on any atom is 0.296 e. The number of halogens is 1. The second-order valence-corrected chi connectivity index (χ2v) is 7.48. The molecule has 0 fully saturated rings. The first kappa shape index (κ1) is 13.9. The van der Waals surface area contributed by atoms with E-state index in [0.717, 1.165) is 13.6 Å². The van der Waals surface area contributed by atoms with Gasteiger partial charge in [-0.15, -0.1) is 10.2 Å². The van der Waals surface area contributed by atoms with Gasteiger partial charge in [-0.05, 0) is 18.4 Å². The zero-order valence-electron chi connectivity index (χ0n) is 9.97. The normalized spacial score (nSPS) is 13.5. The molecule has 0 spiro atoms. The van der Waals surface area contributed by atoms with Crippen LogP contribution in [-0.2, 0) is 4.79 Å². The maximum atomic E-state index is 11.6. The van der Waals surface area contributed by atoms with E-state index in [1.165, 1.54) is 40.9 Å². The molecule has 1 aliphatic heterocycles. The van der Waals surface area contributed by atoms with Gasteiger partial charge in [-0.2, -0.15) is 0 Å². The fourth-order valence-corrected chi connectivity index (χ4v) is 4.36. The molecule has 5 nitrogen and oxygen atoms in total. The van der Waals surface area contributed by atoms with Gasteiger partial charge < -0.3 is 5.32 Å². The van der Waals surface area contributed by atoms with Crippen LogP contribution >= 0.6 is 46.5 Å². The molecule has 1 amide bonds. The van der Waals surface area contributed by atoms with Crippen molar-refractivity contribution >= 4 is 63.8 Å². The Morgan fingerprint density at radius 3 is 2.70 bits per heavy atom. The number of Topliss-reactive ketones (excluding diaryl/α,β-unsaturated/α-hetero) is 1. The average molecular weight is 344 g/mol. The summed E-state index contributed by atoms with van der Waals surface area (Å²) in [5.74, 6) is -1.18. The number of rotatable bonds is 3. The van der Waals surface area contributed by atoms with Crippen molar-refractivity contribution < 1.29 is 9.59 Å². The Hall–Kier alpha value is -1.09. The minimum absolute atomic E-state index is 0.311. The van der Waals surface area contributed by atoms with Crippen molar-refractivity contribution in [3.63, 3.8) is 0 Å². The summed E-state index contributed by atoms with van der Waals surface area (Å²) in [6.45, 7) is 0. The predicted molar refractivity (Wildman–Crippen MR) is 80.2 cm³/mol. The van der Waals surface area contributed by atoms with E-state index in [-0.39, 0.29) is 0 Å². The number of anilines is 1. The summed E-state index contributed by atoms with van der Waals surface area (Å²) in [7, 11) is 0. The number of benzene rings is 1. The van der Waals surface area contributed by atoms with Gasteiger partial charge in [0.1, 0.15) is 0 Å². The lowest BCUT2D eigenvalue weighted by molar-refractivity contribution is -0.112. The van der Waals surface area contributed by atoms with E-state index in [1.807, 2.05) is 6.26 Å². The SMILES string of the molecule is CSc1nnc(Sc2cc3c(cc2Cl)C(=O)C(=O)N3)s1. The molecule has 1 aliphatic rings. The first-order chi connectivity index (χ1) is 9.58. The molecule has 0 atom stereocenters. The Bertz CT molecular complexity index is 732. The summed E-state index contributed by atoms with van der Waals surface area (Å²) >= 11 is 10.5. The highest BCUT2D eigenvalue weighted by Gasteiger charge is 2.29. The Morgan fingerprint density at radius 1 is 1.25 bits per heavy atom. The number of hydrogen-bond donors (Lipinski definition) is 1. The quantitative estimate of drug-likeness (QED) is 0.681. The van der Waals surface area contributed by atoms with Gasteiger partial charge in [-0.3, -0.25) is 9.59 Å². The number of nitrogens with zero attached hydrogens (tertiary/aromatic N) is 2. The van der Waals surface area contributed by atoms with Crippen LogP contribution in [0.1, 0.15) is 10.4 Å². The molecule has 0 radical (unpaired) electrons. The van der Waals surface area contributed by atoms with E-state index in [1.54, 1.807) is 6.07 Å². The van der Waals surface area contributed by atoms with Gasteiger partial charge in [0.25, 0.3) is 11.7 Å². The van der Waals surface area contributed by atoms with E-state index in [0.29, 0.717) is 16.3 Å². The molecule has 0 bridgehead atoms. The summed E-state index contributed by atoms with van der Waals surface area (Å²) < 4.78 is 1.63. The monoisotopic (exact) mass is 343 g/mol. The standard InChI is InChI=1S/C11H6ClN3O2S3/c1-18-10-14-15-11(20-10)19-7-3-6-4(2-5(7)12)8(16)9(17)13-6/h2-3H,1H3,(H,13,16,17). The van der Waals surface area contributed by atoms with E-state index in [9.17, 15) is 9.59 Å². The van der Waals surface area contributed by atoms with E-state index in [4.69, 9.17) is 11.6 Å². The van der Waals surface area contributed by atoms with Crippen molar-refractivity contribution in [2.75, 3.05) is 11.6 Å². The molecule has 3 rings (SSSR count). The van der Waals surface area contributed by atoms with Crippen molar-refractivity contribution in [1.29, 1.82) is 0 Å². The molecule has 102 valence electrons. The number of fused-ring (bicyclic) bond motifs is 1. The molecule has 0 saturated carbocycles. The second kappa shape index (κ2) is 5.36. The van der Waals surface area contributed by atoms with Crippen molar-refractivity contribution in [2.24, 2.45) is 0 Å². The first-order valence-electron chi connectivity index (χ1n) is 5.33. The zero-order valence-corrected chi connectivity index (χ0v) is 13.2. The summed E-state index contributed by atoms with van der Waals surface area (Å²) in [6.07, 6.45) is 1.93. The largest absolute Gasteiger partial charge is 0.318 e. The van der Waals surface area contributed by atoms with E-state index in [2.05, 4.69) is 15.5 Å². The number of ketones is 1. The van der Waals surface area contributed by atoms with Gasteiger partial charge in [-0.25, -0.2) is 0 Å². The molecular weight excluding hydrogens is 338 g/mol. The summed E-state index contributed by atoms with van der Waals surface area (Å²) in [5.41, 5.74) is 0.799. The van der Waals surface area contributed by atoms with Gasteiger partial charge >= 0.3 is 0 Å². The minimum atomic E-state index is -0.626. The van der Waals surface area contributed by atoms with Crippen LogP contribution in [0.3, 0.4) is 0 Å². The van der Waals surface area contributed by atoms with Gasteiger partial charge in [0.15, 0.2) is 8.68 Å². The fourth-order valence-electron chi connectivity index (χ4n) is 1.64. The Balaban J connectivity index is 1.93. The lowest BCUT2D eigenvalue weighted by atomic mass is 10.1. The molecule has 1 N–H and O–H groups in total. The van der Waals surface area contributed by atoms with Gasteiger partial charge in [0.2, 0.25) is 0 Å². The highest BCUT2D eigenvalue weighted by Crippen LogP contribution is 2.40. The smallest absolute Gasteiger partial charge is 0.296 e. The number of aromatic nitrogens is 2. The zero-order chi connectivity index (χ0) is 14.3. The molecule has 9 heteroatoms. The number of hydrogen-bond acceptors (Lipinski definition) is 7. The third-order valence-electron chi connectivity index (χ3n) is 2.53. The Kier molecular flexibility index (Phi) is 3.72. The molecule has 2 aromatic rings. The van der Waals surface area contributed by atoms with Gasteiger partial charge in [-0.1, -0.05) is 46.5 Å². The number of carbonyl (C=O) groups is 2. The topological polar surface area (TPSA) is 72.0 Å². The van der Waals surface area contributed by atoms with E-state index >= 15 is 0 Å². The third-order valence-corrected chi connectivity index (χ3v) is 5.96. The van der Waals surface area contributed by atoms with Crippen molar-refractivity contribution in [3.05, 3.63) is 22.7 Å². The lowest BCUT2D eigenvalue weighted by Gasteiger charge is -2.04. The van der Waals surface area contributed by atoms with Crippen molar-refractivity contribution in [3.8, 4) is 0 Å². The molecule has 0 unspecified atom stereocenters. The third kappa shape index (κ3) is 2.44. The summed E-state index contributed by atoms with van der Waals surface area (Å²) in [4.78, 5) is 23.6. The molecule has 1 aromatic heterocycles. The van der Waals surface area contributed by atoms with Gasteiger partial charge in [0.05, 0.1) is 16.3 Å². The van der Waals surface area contributed by atoms with Crippen LogP contribution in [0.2, 0.25) is 5.02 Å². The Morgan fingerprint density at radius 2 is 2.00 bits per heavy atom. The van der Waals surface area contributed by atoms with Crippen LogP contribution in [0, 0.1) is 0 Å². The van der Waals surface area contributed by atoms with Gasteiger partial charge in [0, 0.05) is 4.90 Å². The highest BCUT2D eigenvalue weighted by molar-refractivity contribution is 8.03. The fraction of sp³-hybridized carbons (Fsp3) is 0.0909.